The summed E-state index contributed by atoms with van der Waals surface area (Å²) in [5.74, 6) is -0.942. The Morgan fingerprint density at radius 2 is 1.92 bits per heavy atom. The largest absolute Gasteiger partial charge is 0.488 e. The molecule has 1 fully saturated rings. The minimum atomic E-state index is -1.17. The molecule has 0 spiro atoms. The molecule has 0 unspecified atom stereocenters. The zero-order valence-corrected chi connectivity index (χ0v) is 13.1. The maximum atomic E-state index is 12.4. The Balaban J connectivity index is 1.76. The maximum Gasteiger partial charge on any atom is 0.354 e. The molecule has 124 valence electrons. The van der Waals surface area contributed by atoms with E-state index in [0.29, 0.717) is 11.4 Å². The number of benzene rings is 1. The van der Waals surface area contributed by atoms with Gasteiger partial charge in [0, 0.05) is 11.8 Å². The standard InChI is InChI=1S/C18H18N2O4/c21-17(12-9-10-19-15(11-12)18(22)23)20-14-7-3-4-8-16(14)24-13-5-1-2-6-13/h3-4,7-11,13H,1-2,5-6H2,(H,20,21)(H,22,23). The smallest absolute Gasteiger partial charge is 0.354 e. The van der Waals surface area contributed by atoms with Crippen LogP contribution in [0.15, 0.2) is 42.6 Å². The van der Waals surface area contributed by atoms with E-state index in [1.807, 2.05) is 18.2 Å². The lowest BCUT2D eigenvalue weighted by molar-refractivity contribution is 0.0690. The van der Waals surface area contributed by atoms with Crippen molar-refractivity contribution in [3.63, 3.8) is 0 Å². The molecule has 1 aliphatic carbocycles. The molecule has 0 saturated heterocycles. The number of rotatable bonds is 5. The maximum absolute atomic E-state index is 12.4. The first-order valence-corrected chi connectivity index (χ1v) is 7.90. The second-order valence-corrected chi connectivity index (χ2v) is 5.71. The van der Waals surface area contributed by atoms with E-state index in [9.17, 15) is 9.59 Å². The minimum absolute atomic E-state index is 0.168. The van der Waals surface area contributed by atoms with Gasteiger partial charge in [-0.1, -0.05) is 12.1 Å². The Hall–Kier alpha value is -2.89. The summed E-state index contributed by atoms with van der Waals surface area (Å²) < 4.78 is 5.98. The first kappa shape index (κ1) is 16.0. The summed E-state index contributed by atoms with van der Waals surface area (Å²) in [6, 6.07) is 9.98. The van der Waals surface area contributed by atoms with Gasteiger partial charge in [-0.25, -0.2) is 9.78 Å². The molecule has 0 atom stereocenters. The van der Waals surface area contributed by atoms with Crippen molar-refractivity contribution in [3.05, 3.63) is 53.9 Å². The van der Waals surface area contributed by atoms with Gasteiger partial charge in [0.1, 0.15) is 11.4 Å². The quantitative estimate of drug-likeness (QED) is 0.879. The summed E-state index contributed by atoms with van der Waals surface area (Å²) in [7, 11) is 0. The van der Waals surface area contributed by atoms with Crippen LogP contribution in [-0.2, 0) is 0 Å². The molecule has 0 bridgehead atoms. The summed E-state index contributed by atoms with van der Waals surface area (Å²) in [6.07, 6.45) is 5.85. The molecule has 1 aromatic carbocycles. The Labute approximate surface area is 139 Å². The summed E-state index contributed by atoms with van der Waals surface area (Å²) in [6.45, 7) is 0. The molecule has 1 aliphatic rings. The van der Waals surface area contributed by atoms with E-state index in [4.69, 9.17) is 9.84 Å². The highest BCUT2D eigenvalue weighted by molar-refractivity contribution is 6.05. The summed E-state index contributed by atoms with van der Waals surface area (Å²) >= 11 is 0. The number of aromatic nitrogens is 1. The fraction of sp³-hybridized carbons (Fsp3) is 0.278. The van der Waals surface area contributed by atoms with E-state index in [1.54, 1.807) is 6.07 Å². The molecule has 2 aromatic rings. The first-order chi connectivity index (χ1) is 11.6. The number of aromatic carboxylic acids is 1. The van der Waals surface area contributed by atoms with Crippen molar-refractivity contribution in [2.45, 2.75) is 31.8 Å². The lowest BCUT2D eigenvalue weighted by Crippen LogP contribution is -2.16. The third-order valence-corrected chi connectivity index (χ3v) is 3.97. The molecule has 1 heterocycles. The predicted octanol–water partition coefficient (Wildman–Crippen LogP) is 3.35. The van der Waals surface area contributed by atoms with Crippen LogP contribution in [0.4, 0.5) is 5.69 Å². The topological polar surface area (TPSA) is 88.5 Å². The van der Waals surface area contributed by atoms with Crippen LogP contribution in [-0.4, -0.2) is 28.1 Å². The van der Waals surface area contributed by atoms with Gasteiger partial charge >= 0.3 is 5.97 Å². The summed E-state index contributed by atoms with van der Waals surface area (Å²) in [5, 5.41) is 11.8. The van der Waals surface area contributed by atoms with Gasteiger partial charge < -0.3 is 15.2 Å². The fourth-order valence-electron chi connectivity index (χ4n) is 2.74. The average Bonchev–Trinajstić information content (AvgIpc) is 3.10. The Morgan fingerprint density at radius 1 is 1.17 bits per heavy atom. The van der Waals surface area contributed by atoms with Gasteiger partial charge in [-0.05, 0) is 49.9 Å². The van der Waals surface area contributed by atoms with Crippen LogP contribution in [0.5, 0.6) is 5.75 Å². The number of ether oxygens (including phenoxy) is 1. The molecular formula is C18H18N2O4. The van der Waals surface area contributed by atoms with E-state index in [0.717, 1.165) is 25.7 Å². The van der Waals surface area contributed by atoms with Crippen molar-refractivity contribution in [2.75, 3.05) is 5.32 Å². The molecular weight excluding hydrogens is 308 g/mol. The number of nitrogens with zero attached hydrogens (tertiary/aromatic N) is 1. The van der Waals surface area contributed by atoms with E-state index < -0.39 is 11.9 Å². The monoisotopic (exact) mass is 326 g/mol. The average molecular weight is 326 g/mol. The van der Waals surface area contributed by atoms with Crippen LogP contribution in [0.1, 0.15) is 46.5 Å². The zero-order valence-electron chi connectivity index (χ0n) is 13.1. The number of anilines is 1. The van der Waals surface area contributed by atoms with Crippen molar-refractivity contribution >= 4 is 17.6 Å². The number of carboxylic acid groups (broad SMARTS) is 1. The minimum Gasteiger partial charge on any atom is -0.488 e. The van der Waals surface area contributed by atoms with Crippen LogP contribution in [0.2, 0.25) is 0 Å². The van der Waals surface area contributed by atoms with Gasteiger partial charge in [0.2, 0.25) is 0 Å². The number of nitrogens with one attached hydrogen (secondary N) is 1. The molecule has 6 heteroatoms. The van der Waals surface area contributed by atoms with Gasteiger partial charge in [0.25, 0.3) is 5.91 Å². The van der Waals surface area contributed by atoms with Crippen LogP contribution in [0.3, 0.4) is 0 Å². The molecule has 3 rings (SSSR count). The number of carboxylic acids is 1. The van der Waals surface area contributed by atoms with Crippen molar-refractivity contribution in [1.29, 1.82) is 0 Å². The van der Waals surface area contributed by atoms with Crippen LogP contribution in [0, 0.1) is 0 Å². The zero-order chi connectivity index (χ0) is 16.9. The predicted molar refractivity (Wildman–Crippen MR) is 88.5 cm³/mol. The van der Waals surface area contributed by atoms with Gasteiger partial charge in [-0.3, -0.25) is 4.79 Å². The number of amides is 1. The van der Waals surface area contributed by atoms with E-state index in [-0.39, 0.29) is 17.4 Å². The van der Waals surface area contributed by atoms with Crippen molar-refractivity contribution in [3.8, 4) is 5.75 Å². The van der Waals surface area contributed by atoms with Gasteiger partial charge in [-0.2, -0.15) is 0 Å². The number of hydrogen-bond donors (Lipinski definition) is 2. The molecule has 0 radical (unpaired) electrons. The number of hydrogen-bond acceptors (Lipinski definition) is 4. The number of carbonyl (C=O) groups is 2. The normalized spacial score (nSPS) is 14.3. The fourth-order valence-corrected chi connectivity index (χ4v) is 2.74. The highest BCUT2D eigenvalue weighted by Gasteiger charge is 2.19. The number of carbonyl (C=O) groups excluding carboxylic acids is 1. The third-order valence-electron chi connectivity index (χ3n) is 3.97. The second-order valence-electron chi connectivity index (χ2n) is 5.71. The Bertz CT molecular complexity index is 754. The van der Waals surface area contributed by atoms with Gasteiger partial charge in [0.05, 0.1) is 11.8 Å². The van der Waals surface area contributed by atoms with Crippen LogP contribution in [0.25, 0.3) is 0 Å². The molecule has 0 aliphatic heterocycles. The number of pyridine rings is 1. The van der Waals surface area contributed by atoms with Crippen molar-refractivity contribution in [1.82, 2.24) is 4.98 Å². The van der Waals surface area contributed by atoms with Gasteiger partial charge in [-0.15, -0.1) is 0 Å². The Morgan fingerprint density at radius 3 is 2.67 bits per heavy atom. The lowest BCUT2D eigenvalue weighted by atomic mass is 10.2. The molecule has 2 N–H and O–H groups in total. The lowest BCUT2D eigenvalue weighted by Gasteiger charge is -2.17. The SMILES string of the molecule is O=C(Nc1ccccc1OC1CCCC1)c1ccnc(C(=O)O)c1. The van der Waals surface area contributed by atoms with Crippen molar-refractivity contribution in [2.24, 2.45) is 0 Å². The number of para-hydroxylation sites is 2. The molecule has 6 nitrogen and oxygen atoms in total. The van der Waals surface area contributed by atoms with E-state index in [2.05, 4.69) is 10.3 Å². The molecule has 1 aromatic heterocycles. The van der Waals surface area contributed by atoms with Gasteiger partial charge in [0.15, 0.2) is 0 Å². The Kier molecular flexibility index (Phi) is 4.74. The highest BCUT2D eigenvalue weighted by atomic mass is 16.5. The molecule has 24 heavy (non-hydrogen) atoms. The second kappa shape index (κ2) is 7.12. The third kappa shape index (κ3) is 3.71. The summed E-state index contributed by atoms with van der Waals surface area (Å²) in [5.41, 5.74) is 0.638. The van der Waals surface area contributed by atoms with E-state index >= 15 is 0 Å². The molecule has 1 amide bonds. The highest BCUT2D eigenvalue weighted by Crippen LogP contribution is 2.30. The van der Waals surface area contributed by atoms with Crippen LogP contribution >= 0.6 is 0 Å². The summed E-state index contributed by atoms with van der Waals surface area (Å²) in [4.78, 5) is 27.1. The van der Waals surface area contributed by atoms with E-state index in [1.165, 1.54) is 18.3 Å². The van der Waals surface area contributed by atoms with Crippen molar-refractivity contribution < 1.29 is 19.4 Å². The first-order valence-electron chi connectivity index (χ1n) is 7.90. The molecule has 1 saturated carbocycles. The van der Waals surface area contributed by atoms with Crippen LogP contribution < -0.4 is 10.1 Å².